The van der Waals surface area contributed by atoms with Gasteiger partial charge in [0.25, 0.3) is 5.91 Å². The van der Waals surface area contributed by atoms with Crippen LogP contribution in [0, 0.1) is 18.3 Å². The molecule has 78 valence electrons. The Morgan fingerprint density at radius 1 is 1.60 bits per heavy atom. The minimum atomic E-state index is -0.235. The van der Waals surface area contributed by atoms with Crippen molar-refractivity contribution in [3.8, 4) is 6.07 Å². The largest absolute Gasteiger partial charge is 0.328 e. The first-order valence-electron chi connectivity index (χ1n) is 4.45. The summed E-state index contributed by atoms with van der Waals surface area (Å²) in [5, 5.41) is 8.89. The molecule has 0 heterocycles. The molecule has 0 radical (unpaired) electrons. The number of benzene rings is 1. The topological polar surface area (TPSA) is 44.1 Å². The highest BCUT2D eigenvalue weighted by atomic mass is 35.5. The average molecular weight is 223 g/mol. The second-order valence-electron chi connectivity index (χ2n) is 3.30. The van der Waals surface area contributed by atoms with Crippen molar-refractivity contribution < 1.29 is 4.79 Å². The first-order chi connectivity index (χ1) is 7.06. The summed E-state index contributed by atoms with van der Waals surface area (Å²) >= 11 is 5.94. The molecule has 1 aromatic carbocycles. The number of rotatable bonds is 2. The van der Waals surface area contributed by atoms with Crippen LogP contribution in [0.3, 0.4) is 0 Å². The van der Waals surface area contributed by atoms with Crippen LogP contribution in [-0.2, 0) is 0 Å². The number of hydrogen-bond acceptors (Lipinski definition) is 2. The summed E-state index contributed by atoms with van der Waals surface area (Å²) in [7, 11) is 1.57. The van der Waals surface area contributed by atoms with Gasteiger partial charge in [-0.05, 0) is 24.6 Å². The van der Waals surface area contributed by atoms with Gasteiger partial charge in [-0.15, -0.1) is 0 Å². The van der Waals surface area contributed by atoms with E-state index in [0.717, 1.165) is 5.56 Å². The van der Waals surface area contributed by atoms with Gasteiger partial charge in [-0.3, -0.25) is 4.79 Å². The van der Waals surface area contributed by atoms with Crippen LogP contribution >= 0.6 is 11.6 Å². The molecule has 3 nitrogen and oxygen atoms in total. The number of carbonyl (C=O) groups excluding carboxylic acids is 1. The van der Waals surface area contributed by atoms with Crippen molar-refractivity contribution in [3.63, 3.8) is 0 Å². The lowest BCUT2D eigenvalue weighted by molar-refractivity contribution is 0.0812. The van der Waals surface area contributed by atoms with Gasteiger partial charge in [0.05, 0.1) is 16.7 Å². The van der Waals surface area contributed by atoms with Crippen LogP contribution in [0.2, 0.25) is 5.02 Å². The Balaban J connectivity index is 2.97. The van der Waals surface area contributed by atoms with E-state index in [-0.39, 0.29) is 12.5 Å². The summed E-state index contributed by atoms with van der Waals surface area (Å²) in [5.74, 6) is -0.235. The summed E-state index contributed by atoms with van der Waals surface area (Å²) in [6.45, 7) is 1.96. The zero-order valence-corrected chi connectivity index (χ0v) is 9.38. The van der Waals surface area contributed by atoms with Gasteiger partial charge in [0.2, 0.25) is 0 Å². The molecule has 0 atom stereocenters. The van der Waals surface area contributed by atoms with Crippen molar-refractivity contribution in [2.45, 2.75) is 6.92 Å². The molecule has 1 amide bonds. The Labute approximate surface area is 93.9 Å². The second-order valence-corrected chi connectivity index (χ2v) is 3.71. The average Bonchev–Trinajstić information content (AvgIpc) is 2.17. The molecule has 0 aliphatic carbocycles. The quantitative estimate of drug-likeness (QED) is 0.721. The number of nitrogens with zero attached hydrogens (tertiary/aromatic N) is 2. The lowest BCUT2D eigenvalue weighted by Gasteiger charge is -2.14. The van der Waals surface area contributed by atoms with E-state index in [2.05, 4.69) is 0 Å². The van der Waals surface area contributed by atoms with E-state index < -0.39 is 0 Å². The molecular formula is C11H11ClN2O. The number of halogens is 1. The third-order valence-corrected chi connectivity index (χ3v) is 2.32. The monoisotopic (exact) mass is 222 g/mol. The number of carbonyl (C=O) groups is 1. The third-order valence-electron chi connectivity index (χ3n) is 2.01. The van der Waals surface area contributed by atoms with E-state index in [0.29, 0.717) is 10.6 Å². The van der Waals surface area contributed by atoms with Crippen LogP contribution in [-0.4, -0.2) is 24.4 Å². The van der Waals surface area contributed by atoms with Gasteiger partial charge in [-0.25, -0.2) is 0 Å². The van der Waals surface area contributed by atoms with E-state index in [1.165, 1.54) is 4.90 Å². The molecule has 0 aromatic heterocycles. The van der Waals surface area contributed by atoms with Crippen molar-refractivity contribution in [2.75, 3.05) is 13.6 Å². The van der Waals surface area contributed by atoms with E-state index in [9.17, 15) is 4.79 Å². The van der Waals surface area contributed by atoms with Gasteiger partial charge < -0.3 is 4.90 Å². The molecule has 1 aromatic rings. The van der Waals surface area contributed by atoms with Crippen LogP contribution in [0.4, 0.5) is 0 Å². The molecule has 1 rings (SSSR count). The fourth-order valence-electron chi connectivity index (χ4n) is 1.18. The van der Waals surface area contributed by atoms with Gasteiger partial charge in [0, 0.05) is 7.05 Å². The summed E-state index contributed by atoms with van der Waals surface area (Å²) < 4.78 is 0. The Kier molecular flexibility index (Phi) is 3.70. The molecule has 0 aliphatic heterocycles. The van der Waals surface area contributed by atoms with Crippen LogP contribution < -0.4 is 0 Å². The third kappa shape index (κ3) is 2.71. The van der Waals surface area contributed by atoms with Gasteiger partial charge in [0.15, 0.2) is 0 Å². The number of hydrogen-bond donors (Lipinski definition) is 0. The van der Waals surface area contributed by atoms with Crippen molar-refractivity contribution >= 4 is 17.5 Å². The molecule has 0 fully saturated rings. The molecule has 0 saturated carbocycles. The van der Waals surface area contributed by atoms with Crippen molar-refractivity contribution in [1.82, 2.24) is 4.90 Å². The molecule has 0 unspecified atom stereocenters. The summed E-state index contributed by atoms with van der Waals surface area (Å²) in [5.41, 5.74) is 1.43. The fourth-order valence-corrected chi connectivity index (χ4v) is 1.49. The van der Waals surface area contributed by atoms with Crippen molar-refractivity contribution in [1.29, 1.82) is 5.26 Å². The first-order valence-corrected chi connectivity index (χ1v) is 4.82. The SMILES string of the molecule is Cc1ccc(C(=O)N(C)CC#N)c(Cl)c1. The number of aryl methyl sites for hydroxylation is 1. The van der Waals surface area contributed by atoms with E-state index in [4.69, 9.17) is 16.9 Å². The molecule has 0 aliphatic rings. The normalized spacial score (nSPS) is 9.47. The molecule has 0 spiro atoms. The molecule has 15 heavy (non-hydrogen) atoms. The molecule has 0 bridgehead atoms. The smallest absolute Gasteiger partial charge is 0.255 e. The van der Waals surface area contributed by atoms with Gasteiger partial charge in [0.1, 0.15) is 6.54 Å². The fraction of sp³-hybridized carbons (Fsp3) is 0.273. The van der Waals surface area contributed by atoms with Crippen molar-refractivity contribution in [3.05, 3.63) is 34.3 Å². The molecule has 0 N–H and O–H groups in total. The van der Waals surface area contributed by atoms with Gasteiger partial charge >= 0.3 is 0 Å². The zero-order valence-electron chi connectivity index (χ0n) is 8.62. The molecular weight excluding hydrogens is 212 g/mol. The van der Waals surface area contributed by atoms with Gasteiger partial charge in [-0.2, -0.15) is 5.26 Å². The Morgan fingerprint density at radius 3 is 2.80 bits per heavy atom. The maximum absolute atomic E-state index is 11.8. The lowest BCUT2D eigenvalue weighted by Crippen LogP contribution is -2.27. The maximum atomic E-state index is 11.8. The Bertz CT molecular complexity index is 423. The predicted molar refractivity (Wildman–Crippen MR) is 58.8 cm³/mol. The lowest BCUT2D eigenvalue weighted by atomic mass is 10.1. The highest BCUT2D eigenvalue weighted by Gasteiger charge is 2.14. The zero-order chi connectivity index (χ0) is 11.4. The van der Waals surface area contributed by atoms with Crippen LogP contribution in [0.15, 0.2) is 18.2 Å². The number of nitriles is 1. The number of amides is 1. The minimum absolute atomic E-state index is 0.0586. The van der Waals surface area contributed by atoms with Crippen LogP contribution in [0.1, 0.15) is 15.9 Å². The van der Waals surface area contributed by atoms with E-state index in [1.54, 1.807) is 19.2 Å². The Morgan fingerprint density at radius 2 is 2.27 bits per heavy atom. The standard InChI is InChI=1S/C11H11ClN2O/c1-8-3-4-9(10(12)7-8)11(15)14(2)6-5-13/h3-4,7H,6H2,1-2H3. The summed E-state index contributed by atoms with van der Waals surface area (Å²) in [4.78, 5) is 13.1. The Hall–Kier alpha value is -1.53. The van der Waals surface area contributed by atoms with E-state index in [1.807, 2.05) is 19.1 Å². The minimum Gasteiger partial charge on any atom is -0.328 e. The molecule has 0 saturated heterocycles. The van der Waals surface area contributed by atoms with Crippen molar-refractivity contribution in [2.24, 2.45) is 0 Å². The highest BCUT2D eigenvalue weighted by molar-refractivity contribution is 6.33. The predicted octanol–water partition coefficient (Wildman–Crippen LogP) is 2.24. The summed E-state index contributed by atoms with van der Waals surface area (Å²) in [6, 6.07) is 7.14. The highest BCUT2D eigenvalue weighted by Crippen LogP contribution is 2.18. The van der Waals surface area contributed by atoms with Gasteiger partial charge in [-0.1, -0.05) is 17.7 Å². The second kappa shape index (κ2) is 4.81. The molecule has 4 heteroatoms. The first kappa shape index (κ1) is 11.5. The van der Waals surface area contributed by atoms with E-state index >= 15 is 0 Å². The summed E-state index contributed by atoms with van der Waals surface area (Å²) in [6.07, 6.45) is 0. The van der Waals surface area contributed by atoms with Crippen LogP contribution in [0.25, 0.3) is 0 Å². The van der Waals surface area contributed by atoms with Crippen LogP contribution in [0.5, 0.6) is 0 Å². The maximum Gasteiger partial charge on any atom is 0.255 e.